The molecule has 1 aliphatic heterocycles. The molecule has 2 aromatic carbocycles. The van der Waals surface area contributed by atoms with E-state index in [0.29, 0.717) is 19.5 Å². The van der Waals surface area contributed by atoms with Crippen LogP contribution in [0.3, 0.4) is 0 Å². The van der Waals surface area contributed by atoms with E-state index in [2.05, 4.69) is 15.7 Å². The molecule has 2 heterocycles. The van der Waals surface area contributed by atoms with Crippen molar-refractivity contribution in [2.75, 3.05) is 13.1 Å². The van der Waals surface area contributed by atoms with Crippen molar-refractivity contribution in [3.8, 4) is 5.69 Å². The second kappa shape index (κ2) is 10.6. The zero-order valence-corrected chi connectivity index (χ0v) is 18.1. The van der Waals surface area contributed by atoms with Gasteiger partial charge in [0.15, 0.2) is 0 Å². The molecule has 1 saturated heterocycles. The predicted octanol–water partition coefficient (Wildman–Crippen LogP) is 3.82. The van der Waals surface area contributed by atoms with E-state index in [1.165, 1.54) is 0 Å². The standard InChI is InChI=1S/C25H29N5O2/c31-24-10-5-2-6-16-29(24)19-23(21-8-3-1-4-9-21)28-25(32)26-18-20-11-13-22(14-12-20)30-17-7-15-27-30/h1,3-4,7-9,11-15,17,23H,2,5-6,10,16,18-19H2,(H2,26,28,32). The highest BCUT2D eigenvalue weighted by Gasteiger charge is 2.23. The van der Waals surface area contributed by atoms with Crippen molar-refractivity contribution in [3.05, 3.63) is 84.2 Å². The summed E-state index contributed by atoms with van der Waals surface area (Å²) >= 11 is 0. The molecule has 1 atom stereocenters. The average Bonchev–Trinajstić information content (AvgIpc) is 3.29. The number of urea groups is 1. The lowest BCUT2D eigenvalue weighted by molar-refractivity contribution is -0.131. The van der Waals surface area contributed by atoms with Crippen LogP contribution in [0.4, 0.5) is 4.79 Å². The number of carbonyl (C=O) groups excluding carboxylic acids is 2. The van der Waals surface area contributed by atoms with Gasteiger partial charge in [-0.1, -0.05) is 48.9 Å². The quantitative estimate of drug-likeness (QED) is 0.597. The van der Waals surface area contributed by atoms with Gasteiger partial charge in [0, 0.05) is 38.4 Å². The molecule has 0 saturated carbocycles. The summed E-state index contributed by atoms with van der Waals surface area (Å²) in [7, 11) is 0. The van der Waals surface area contributed by atoms with Crippen LogP contribution in [0.25, 0.3) is 5.69 Å². The Bertz CT molecular complexity index is 1000. The molecule has 0 spiro atoms. The first-order valence-electron chi connectivity index (χ1n) is 11.1. The van der Waals surface area contributed by atoms with E-state index in [4.69, 9.17) is 0 Å². The lowest BCUT2D eigenvalue weighted by atomic mass is 10.1. The molecule has 0 radical (unpaired) electrons. The van der Waals surface area contributed by atoms with Crippen LogP contribution in [0.1, 0.15) is 42.9 Å². The normalized spacial score (nSPS) is 15.1. The number of amides is 3. The number of hydrogen-bond donors (Lipinski definition) is 2. The molecule has 1 aliphatic rings. The van der Waals surface area contributed by atoms with E-state index in [1.54, 1.807) is 10.9 Å². The molecule has 7 nitrogen and oxygen atoms in total. The van der Waals surface area contributed by atoms with Crippen molar-refractivity contribution in [1.29, 1.82) is 0 Å². The second-order valence-electron chi connectivity index (χ2n) is 8.06. The molecule has 3 aromatic rings. The van der Waals surface area contributed by atoms with Crippen molar-refractivity contribution in [3.63, 3.8) is 0 Å². The minimum Gasteiger partial charge on any atom is -0.340 e. The van der Waals surface area contributed by atoms with Crippen molar-refractivity contribution < 1.29 is 9.59 Å². The summed E-state index contributed by atoms with van der Waals surface area (Å²) in [6, 6.07) is 19.1. The summed E-state index contributed by atoms with van der Waals surface area (Å²) in [5, 5.41) is 10.2. The second-order valence-corrected chi connectivity index (χ2v) is 8.06. The number of carbonyl (C=O) groups is 2. The number of aromatic nitrogens is 2. The third-order valence-corrected chi connectivity index (χ3v) is 5.74. The van der Waals surface area contributed by atoms with E-state index in [0.717, 1.165) is 42.6 Å². The molecule has 0 aliphatic carbocycles. The predicted molar refractivity (Wildman–Crippen MR) is 123 cm³/mol. The smallest absolute Gasteiger partial charge is 0.315 e. The molecule has 1 aromatic heterocycles. The molecule has 4 rings (SSSR count). The topological polar surface area (TPSA) is 79.3 Å². The maximum absolute atomic E-state index is 12.7. The molecule has 1 fully saturated rings. The molecule has 1 unspecified atom stereocenters. The van der Waals surface area contributed by atoms with Crippen LogP contribution < -0.4 is 10.6 Å². The molecular weight excluding hydrogens is 402 g/mol. The first kappa shape index (κ1) is 21.6. The molecule has 32 heavy (non-hydrogen) atoms. The summed E-state index contributed by atoms with van der Waals surface area (Å²) in [6.45, 7) is 1.64. The average molecular weight is 432 g/mol. The fraction of sp³-hybridized carbons (Fsp3) is 0.320. The van der Waals surface area contributed by atoms with Gasteiger partial charge in [0.25, 0.3) is 0 Å². The zero-order chi connectivity index (χ0) is 22.2. The Morgan fingerprint density at radius 1 is 1.00 bits per heavy atom. The lowest BCUT2D eigenvalue weighted by Crippen LogP contribution is -2.44. The molecule has 2 N–H and O–H groups in total. The van der Waals surface area contributed by atoms with Crippen molar-refractivity contribution >= 4 is 11.9 Å². The maximum atomic E-state index is 12.7. The molecule has 166 valence electrons. The largest absolute Gasteiger partial charge is 0.340 e. The third kappa shape index (κ3) is 5.75. The highest BCUT2D eigenvalue weighted by molar-refractivity contribution is 5.77. The van der Waals surface area contributed by atoms with Gasteiger partial charge < -0.3 is 15.5 Å². The molecular formula is C25H29N5O2. The third-order valence-electron chi connectivity index (χ3n) is 5.74. The minimum atomic E-state index is -0.263. The van der Waals surface area contributed by atoms with Gasteiger partial charge in [-0.2, -0.15) is 5.10 Å². The van der Waals surface area contributed by atoms with Gasteiger partial charge in [-0.05, 0) is 42.2 Å². The fourth-order valence-corrected chi connectivity index (χ4v) is 3.95. The van der Waals surface area contributed by atoms with Crippen LogP contribution in [0.2, 0.25) is 0 Å². The van der Waals surface area contributed by atoms with Gasteiger partial charge in [0.1, 0.15) is 0 Å². The monoisotopic (exact) mass is 431 g/mol. The lowest BCUT2D eigenvalue weighted by Gasteiger charge is -2.27. The summed E-state index contributed by atoms with van der Waals surface area (Å²) in [5.74, 6) is 0.169. The molecule has 7 heteroatoms. The Balaban J connectivity index is 1.37. The highest BCUT2D eigenvalue weighted by atomic mass is 16.2. The van der Waals surface area contributed by atoms with E-state index < -0.39 is 0 Å². The summed E-state index contributed by atoms with van der Waals surface area (Å²) in [4.78, 5) is 27.1. The Kier molecular flexibility index (Phi) is 7.17. The first-order valence-corrected chi connectivity index (χ1v) is 11.1. The summed E-state index contributed by atoms with van der Waals surface area (Å²) < 4.78 is 1.79. The van der Waals surface area contributed by atoms with E-state index in [-0.39, 0.29) is 18.0 Å². The zero-order valence-electron chi connectivity index (χ0n) is 18.1. The van der Waals surface area contributed by atoms with Crippen molar-refractivity contribution in [2.45, 2.75) is 38.3 Å². The van der Waals surface area contributed by atoms with Crippen LogP contribution in [0.15, 0.2) is 73.1 Å². The number of nitrogens with zero attached hydrogens (tertiary/aromatic N) is 3. The SMILES string of the molecule is O=C(NCc1ccc(-n2cccn2)cc1)NC(CN1CCCCCC1=O)c1ccccc1. The van der Waals surface area contributed by atoms with Crippen LogP contribution in [-0.2, 0) is 11.3 Å². The van der Waals surface area contributed by atoms with Crippen LogP contribution in [-0.4, -0.2) is 39.7 Å². The first-order chi connectivity index (χ1) is 15.7. The van der Waals surface area contributed by atoms with Crippen molar-refractivity contribution in [1.82, 2.24) is 25.3 Å². The highest BCUT2D eigenvalue weighted by Crippen LogP contribution is 2.18. The minimum absolute atomic E-state index is 0.169. The number of likely N-dealkylation sites (tertiary alicyclic amines) is 1. The van der Waals surface area contributed by atoms with E-state index in [1.807, 2.05) is 71.8 Å². The molecule has 0 bridgehead atoms. The van der Waals surface area contributed by atoms with Gasteiger partial charge in [-0.25, -0.2) is 9.48 Å². The Morgan fingerprint density at radius 3 is 2.56 bits per heavy atom. The molecule has 3 amide bonds. The number of rotatable bonds is 7. The van der Waals surface area contributed by atoms with Crippen LogP contribution in [0.5, 0.6) is 0 Å². The van der Waals surface area contributed by atoms with Gasteiger partial charge in [-0.3, -0.25) is 4.79 Å². The van der Waals surface area contributed by atoms with Gasteiger partial charge >= 0.3 is 6.03 Å². The maximum Gasteiger partial charge on any atom is 0.315 e. The number of hydrogen-bond acceptors (Lipinski definition) is 3. The number of benzene rings is 2. The van der Waals surface area contributed by atoms with Gasteiger partial charge in [0.05, 0.1) is 11.7 Å². The van der Waals surface area contributed by atoms with Crippen molar-refractivity contribution in [2.24, 2.45) is 0 Å². The van der Waals surface area contributed by atoms with Crippen LogP contribution >= 0.6 is 0 Å². The Hall–Kier alpha value is -3.61. The fourth-order valence-electron chi connectivity index (χ4n) is 3.95. The Labute approximate surface area is 188 Å². The van der Waals surface area contributed by atoms with Crippen LogP contribution in [0, 0.1) is 0 Å². The van der Waals surface area contributed by atoms with E-state index in [9.17, 15) is 9.59 Å². The summed E-state index contributed by atoms with van der Waals surface area (Å²) in [5.41, 5.74) is 2.95. The Morgan fingerprint density at radius 2 is 1.81 bits per heavy atom. The van der Waals surface area contributed by atoms with Gasteiger partial charge in [-0.15, -0.1) is 0 Å². The summed E-state index contributed by atoms with van der Waals surface area (Å²) in [6.07, 6.45) is 7.24. The van der Waals surface area contributed by atoms with Gasteiger partial charge in [0.2, 0.25) is 5.91 Å². The van der Waals surface area contributed by atoms with E-state index >= 15 is 0 Å². The number of nitrogens with one attached hydrogen (secondary N) is 2.